The van der Waals surface area contributed by atoms with Crippen LogP contribution in [0.25, 0.3) is 0 Å². The maximum atomic E-state index is 5.73. The predicted octanol–water partition coefficient (Wildman–Crippen LogP) is 2.21. The van der Waals surface area contributed by atoms with E-state index in [4.69, 9.17) is 9.47 Å². The van der Waals surface area contributed by atoms with Crippen LogP contribution >= 0.6 is 15.9 Å². The van der Waals surface area contributed by atoms with E-state index in [9.17, 15) is 0 Å². The van der Waals surface area contributed by atoms with Gasteiger partial charge in [-0.05, 0) is 19.3 Å². The lowest BCUT2D eigenvalue weighted by atomic mass is 9.98. The number of halogens is 1. The number of rotatable bonds is 4. The van der Waals surface area contributed by atoms with Gasteiger partial charge in [0.05, 0.1) is 13.2 Å². The average molecular weight is 237 g/mol. The zero-order valence-electron chi connectivity index (χ0n) is 7.81. The molecule has 12 heavy (non-hydrogen) atoms. The molecule has 0 spiro atoms. The van der Waals surface area contributed by atoms with Crippen LogP contribution in [0, 0.1) is 5.92 Å². The molecule has 3 heteroatoms. The van der Waals surface area contributed by atoms with Gasteiger partial charge in [0.15, 0.2) is 0 Å². The summed E-state index contributed by atoms with van der Waals surface area (Å²) in [5, 5.41) is 0.879. The number of ether oxygens (including phenoxy) is 2. The molecule has 1 saturated heterocycles. The molecule has 1 heterocycles. The van der Waals surface area contributed by atoms with Crippen LogP contribution in [0.3, 0.4) is 0 Å². The van der Waals surface area contributed by atoms with Crippen molar-refractivity contribution in [3.8, 4) is 0 Å². The molecule has 1 aliphatic heterocycles. The van der Waals surface area contributed by atoms with Crippen molar-refractivity contribution in [1.82, 2.24) is 0 Å². The molecule has 2 unspecified atom stereocenters. The smallest absolute Gasteiger partial charge is 0.101 e. The lowest BCUT2D eigenvalue weighted by Crippen LogP contribution is -2.35. The van der Waals surface area contributed by atoms with Crippen molar-refractivity contribution >= 4 is 15.9 Å². The lowest BCUT2D eigenvalue weighted by molar-refractivity contribution is -0.0446. The van der Waals surface area contributed by atoms with E-state index < -0.39 is 0 Å². The molecule has 0 aromatic rings. The molecular formula is C9H17BrO2. The molecule has 2 nitrogen and oxygen atoms in total. The van der Waals surface area contributed by atoms with Gasteiger partial charge in [-0.25, -0.2) is 0 Å². The molecule has 0 aromatic carbocycles. The highest BCUT2D eigenvalue weighted by atomic mass is 79.9. The van der Waals surface area contributed by atoms with Crippen molar-refractivity contribution in [3.05, 3.63) is 0 Å². The van der Waals surface area contributed by atoms with E-state index in [1.165, 1.54) is 0 Å². The minimum absolute atomic E-state index is 0.0462. The van der Waals surface area contributed by atoms with Gasteiger partial charge < -0.3 is 9.47 Å². The Labute approximate surface area is 82.7 Å². The molecule has 0 radical (unpaired) electrons. The minimum Gasteiger partial charge on any atom is -0.379 e. The SMILES string of the molecule is CCOCC1(CBr)CC(C)CO1. The van der Waals surface area contributed by atoms with E-state index in [1.807, 2.05) is 6.92 Å². The molecule has 0 N–H and O–H groups in total. The van der Waals surface area contributed by atoms with Crippen LogP contribution in [0.2, 0.25) is 0 Å². The van der Waals surface area contributed by atoms with E-state index in [-0.39, 0.29) is 5.60 Å². The standard InChI is InChI=1S/C9H17BrO2/c1-3-11-7-9(6-10)4-8(2)5-12-9/h8H,3-7H2,1-2H3. The van der Waals surface area contributed by atoms with Crippen LogP contribution in [0.1, 0.15) is 20.3 Å². The highest BCUT2D eigenvalue weighted by Gasteiger charge is 2.37. The van der Waals surface area contributed by atoms with Crippen molar-refractivity contribution in [2.75, 3.05) is 25.2 Å². The van der Waals surface area contributed by atoms with Crippen LogP contribution in [0.4, 0.5) is 0 Å². The van der Waals surface area contributed by atoms with Gasteiger partial charge in [-0.3, -0.25) is 0 Å². The molecule has 2 atom stereocenters. The van der Waals surface area contributed by atoms with Gasteiger partial charge in [0.1, 0.15) is 5.60 Å². The fourth-order valence-electron chi connectivity index (χ4n) is 1.59. The fourth-order valence-corrected chi connectivity index (χ4v) is 2.14. The molecule has 0 amide bonds. The Morgan fingerprint density at radius 3 is 2.83 bits per heavy atom. The third-order valence-corrected chi connectivity index (χ3v) is 3.23. The van der Waals surface area contributed by atoms with E-state index >= 15 is 0 Å². The van der Waals surface area contributed by atoms with E-state index in [1.54, 1.807) is 0 Å². The summed E-state index contributed by atoms with van der Waals surface area (Å²) in [5.41, 5.74) is -0.0462. The normalized spacial score (nSPS) is 35.8. The first-order valence-electron chi connectivity index (χ1n) is 4.50. The maximum absolute atomic E-state index is 5.73. The Hall–Kier alpha value is 0.400. The van der Waals surface area contributed by atoms with Crippen molar-refractivity contribution in [2.45, 2.75) is 25.9 Å². The molecule has 1 rings (SSSR count). The summed E-state index contributed by atoms with van der Waals surface area (Å²) in [6.45, 7) is 6.60. The van der Waals surface area contributed by atoms with Crippen molar-refractivity contribution < 1.29 is 9.47 Å². The average Bonchev–Trinajstić information content (AvgIpc) is 2.45. The maximum Gasteiger partial charge on any atom is 0.101 e. The minimum atomic E-state index is -0.0462. The third kappa shape index (κ3) is 2.44. The van der Waals surface area contributed by atoms with Crippen LogP contribution in [0.5, 0.6) is 0 Å². The summed E-state index contributed by atoms with van der Waals surface area (Å²) in [7, 11) is 0. The first-order chi connectivity index (χ1) is 5.72. The Morgan fingerprint density at radius 1 is 1.67 bits per heavy atom. The van der Waals surface area contributed by atoms with Crippen molar-refractivity contribution in [1.29, 1.82) is 0 Å². The summed E-state index contributed by atoms with van der Waals surface area (Å²) < 4.78 is 11.1. The number of alkyl halides is 1. The topological polar surface area (TPSA) is 18.5 Å². The zero-order valence-corrected chi connectivity index (χ0v) is 9.39. The summed E-state index contributed by atoms with van der Waals surface area (Å²) in [6.07, 6.45) is 1.11. The first-order valence-corrected chi connectivity index (χ1v) is 5.62. The monoisotopic (exact) mass is 236 g/mol. The highest BCUT2D eigenvalue weighted by molar-refractivity contribution is 9.09. The second kappa shape index (κ2) is 4.58. The lowest BCUT2D eigenvalue weighted by Gasteiger charge is -2.25. The van der Waals surface area contributed by atoms with Crippen molar-refractivity contribution in [2.24, 2.45) is 5.92 Å². The van der Waals surface area contributed by atoms with Crippen LogP contribution in [-0.2, 0) is 9.47 Å². The van der Waals surface area contributed by atoms with Gasteiger partial charge in [-0.15, -0.1) is 0 Å². The quantitative estimate of drug-likeness (QED) is 0.698. The van der Waals surface area contributed by atoms with Gasteiger partial charge >= 0.3 is 0 Å². The Morgan fingerprint density at radius 2 is 2.42 bits per heavy atom. The Kier molecular flexibility index (Phi) is 4.00. The Bertz CT molecular complexity index is 140. The molecule has 72 valence electrons. The summed E-state index contributed by atoms with van der Waals surface area (Å²) >= 11 is 3.49. The summed E-state index contributed by atoms with van der Waals surface area (Å²) in [5.74, 6) is 0.669. The zero-order chi connectivity index (χ0) is 9.03. The Balaban J connectivity index is 2.41. The molecule has 0 aromatic heterocycles. The largest absolute Gasteiger partial charge is 0.379 e. The third-order valence-electron chi connectivity index (χ3n) is 2.21. The predicted molar refractivity (Wildman–Crippen MR) is 52.8 cm³/mol. The fraction of sp³-hybridized carbons (Fsp3) is 1.00. The van der Waals surface area contributed by atoms with E-state index in [2.05, 4.69) is 22.9 Å². The van der Waals surface area contributed by atoms with E-state index in [0.717, 1.165) is 31.6 Å². The van der Waals surface area contributed by atoms with Gasteiger partial charge in [0.2, 0.25) is 0 Å². The molecule has 1 fully saturated rings. The van der Waals surface area contributed by atoms with Gasteiger partial charge in [-0.1, -0.05) is 22.9 Å². The number of hydrogen-bond donors (Lipinski definition) is 0. The second-order valence-corrected chi connectivity index (χ2v) is 4.13. The van der Waals surface area contributed by atoms with Gasteiger partial charge in [-0.2, -0.15) is 0 Å². The highest BCUT2D eigenvalue weighted by Crippen LogP contribution is 2.31. The molecule has 1 aliphatic rings. The first kappa shape index (κ1) is 10.5. The van der Waals surface area contributed by atoms with Crippen LogP contribution in [-0.4, -0.2) is 30.8 Å². The molecule has 0 aliphatic carbocycles. The van der Waals surface area contributed by atoms with Crippen LogP contribution in [0.15, 0.2) is 0 Å². The van der Waals surface area contributed by atoms with E-state index in [0.29, 0.717) is 5.92 Å². The molecular weight excluding hydrogens is 220 g/mol. The van der Waals surface area contributed by atoms with Crippen molar-refractivity contribution in [3.63, 3.8) is 0 Å². The molecule has 0 bridgehead atoms. The summed E-state index contributed by atoms with van der Waals surface area (Å²) in [4.78, 5) is 0. The van der Waals surface area contributed by atoms with Gasteiger partial charge in [0.25, 0.3) is 0 Å². The second-order valence-electron chi connectivity index (χ2n) is 3.57. The molecule has 0 saturated carbocycles. The van der Waals surface area contributed by atoms with Crippen LogP contribution < -0.4 is 0 Å². The summed E-state index contributed by atoms with van der Waals surface area (Å²) in [6, 6.07) is 0. The van der Waals surface area contributed by atoms with Gasteiger partial charge in [0, 0.05) is 11.9 Å². The number of hydrogen-bond acceptors (Lipinski definition) is 2.